The second kappa shape index (κ2) is 4.92. The number of anilines is 3. The number of ketones is 1. The van der Waals surface area contributed by atoms with Gasteiger partial charge in [0.15, 0.2) is 5.78 Å². The molecule has 0 radical (unpaired) electrons. The maximum Gasteiger partial charge on any atom is 0.159 e. The van der Waals surface area contributed by atoms with Gasteiger partial charge in [0.1, 0.15) is 0 Å². The van der Waals surface area contributed by atoms with Gasteiger partial charge in [-0.25, -0.2) is 0 Å². The average Bonchev–Trinajstić information content (AvgIpc) is 2.38. The lowest BCUT2D eigenvalue weighted by molar-refractivity contribution is 0.101. The highest BCUT2D eigenvalue weighted by atomic mass is 16.1. The van der Waals surface area contributed by atoms with E-state index in [-0.39, 0.29) is 5.78 Å². The molecule has 0 spiro atoms. The highest BCUT2D eigenvalue weighted by molar-refractivity contribution is 5.95. The standard InChI is InChI=1S/C15H16N2O/c1-11(18)12-5-3-7-14(9-12)17(2)15-8-4-6-13(16)10-15/h3-10H,16H2,1-2H3. The predicted molar refractivity (Wildman–Crippen MR) is 75.4 cm³/mol. The van der Waals surface area contributed by atoms with Crippen LogP contribution in [0.3, 0.4) is 0 Å². The van der Waals surface area contributed by atoms with Crippen LogP contribution < -0.4 is 10.6 Å². The molecule has 92 valence electrons. The monoisotopic (exact) mass is 240 g/mol. The molecule has 3 nitrogen and oxygen atoms in total. The minimum absolute atomic E-state index is 0.0674. The lowest BCUT2D eigenvalue weighted by Crippen LogP contribution is -2.10. The Hall–Kier alpha value is -2.29. The number of carbonyl (C=O) groups is 1. The summed E-state index contributed by atoms with van der Waals surface area (Å²) < 4.78 is 0. The zero-order valence-electron chi connectivity index (χ0n) is 10.6. The number of nitrogens with two attached hydrogens (primary N) is 1. The van der Waals surface area contributed by atoms with E-state index in [0.29, 0.717) is 5.56 Å². The van der Waals surface area contributed by atoms with Crippen molar-refractivity contribution in [2.45, 2.75) is 6.92 Å². The minimum atomic E-state index is 0.0674. The Labute approximate surface area is 107 Å². The number of Topliss-reactive ketones (excluding diaryl/α,β-unsaturated/α-hetero) is 1. The molecule has 0 aromatic heterocycles. The van der Waals surface area contributed by atoms with Gasteiger partial charge >= 0.3 is 0 Å². The van der Waals surface area contributed by atoms with E-state index in [2.05, 4.69) is 0 Å². The zero-order valence-corrected chi connectivity index (χ0v) is 10.6. The summed E-state index contributed by atoms with van der Waals surface area (Å²) in [6.45, 7) is 1.57. The Kier molecular flexibility index (Phi) is 3.33. The van der Waals surface area contributed by atoms with E-state index in [1.165, 1.54) is 0 Å². The zero-order chi connectivity index (χ0) is 13.1. The van der Waals surface area contributed by atoms with E-state index in [9.17, 15) is 4.79 Å². The van der Waals surface area contributed by atoms with Gasteiger partial charge in [-0.2, -0.15) is 0 Å². The molecule has 2 rings (SSSR count). The van der Waals surface area contributed by atoms with Crippen LogP contribution in [0.5, 0.6) is 0 Å². The molecule has 0 saturated carbocycles. The summed E-state index contributed by atoms with van der Waals surface area (Å²) in [6.07, 6.45) is 0. The maximum absolute atomic E-state index is 11.4. The Morgan fingerprint density at radius 1 is 1.06 bits per heavy atom. The van der Waals surface area contributed by atoms with Crippen LogP contribution in [0.2, 0.25) is 0 Å². The summed E-state index contributed by atoms with van der Waals surface area (Å²) in [4.78, 5) is 13.4. The van der Waals surface area contributed by atoms with E-state index in [0.717, 1.165) is 17.1 Å². The van der Waals surface area contributed by atoms with Gasteiger partial charge in [-0.1, -0.05) is 18.2 Å². The van der Waals surface area contributed by atoms with E-state index < -0.39 is 0 Å². The van der Waals surface area contributed by atoms with Crippen LogP contribution in [0.1, 0.15) is 17.3 Å². The fourth-order valence-electron chi connectivity index (χ4n) is 1.82. The third-order valence-corrected chi connectivity index (χ3v) is 2.90. The fraction of sp³-hybridized carbons (Fsp3) is 0.133. The lowest BCUT2D eigenvalue weighted by Gasteiger charge is -2.20. The van der Waals surface area contributed by atoms with Crippen LogP contribution in [0, 0.1) is 0 Å². The molecule has 0 bridgehead atoms. The summed E-state index contributed by atoms with van der Waals surface area (Å²) in [5.74, 6) is 0.0674. The molecule has 3 heteroatoms. The van der Waals surface area contributed by atoms with Crippen molar-refractivity contribution in [3.8, 4) is 0 Å². The summed E-state index contributed by atoms with van der Waals surface area (Å²) in [6, 6.07) is 15.2. The van der Waals surface area contributed by atoms with Crippen molar-refractivity contribution < 1.29 is 4.79 Å². The molecule has 0 aliphatic carbocycles. The first kappa shape index (κ1) is 12.2. The summed E-state index contributed by atoms with van der Waals surface area (Å²) in [5, 5.41) is 0. The van der Waals surface area contributed by atoms with Crippen LogP contribution in [0.4, 0.5) is 17.1 Å². The van der Waals surface area contributed by atoms with E-state index >= 15 is 0 Å². The molecule has 0 fully saturated rings. The second-order valence-electron chi connectivity index (χ2n) is 4.26. The van der Waals surface area contributed by atoms with Gasteiger partial charge in [0.25, 0.3) is 0 Å². The van der Waals surface area contributed by atoms with Crippen molar-refractivity contribution in [1.29, 1.82) is 0 Å². The van der Waals surface area contributed by atoms with Crippen LogP contribution in [0.15, 0.2) is 48.5 Å². The molecule has 0 aliphatic heterocycles. The molecule has 0 aliphatic rings. The first-order valence-electron chi connectivity index (χ1n) is 5.78. The summed E-state index contributed by atoms with van der Waals surface area (Å²) >= 11 is 0. The van der Waals surface area contributed by atoms with E-state index in [4.69, 9.17) is 5.73 Å². The third kappa shape index (κ3) is 2.51. The van der Waals surface area contributed by atoms with Crippen molar-refractivity contribution >= 4 is 22.8 Å². The number of hydrogen-bond donors (Lipinski definition) is 1. The molecule has 2 N–H and O–H groups in total. The quantitative estimate of drug-likeness (QED) is 0.661. The van der Waals surface area contributed by atoms with E-state index in [1.54, 1.807) is 6.92 Å². The lowest BCUT2D eigenvalue weighted by atomic mass is 10.1. The summed E-state index contributed by atoms with van der Waals surface area (Å²) in [5.41, 5.74) is 9.17. The molecular weight excluding hydrogens is 224 g/mol. The summed E-state index contributed by atoms with van der Waals surface area (Å²) in [7, 11) is 1.95. The van der Waals surface area contributed by atoms with Crippen molar-refractivity contribution in [3.05, 3.63) is 54.1 Å². The number of carbonyl (C=O) groups excluding carboxylic acids is 1. The Bertz CT molecular complexity index is 578. The van der Waals surface area contributed by atoms with Gasteiger partial charge in [-0.15, -0.1) is 0 Å². The highest BCUT2D eigenvalue weighted by Crippen LogP contribution is 2.25. The Morgan fingerprint density at radius 2 is 1.67 bits per heavy atom. The molecule has 0 amide bonds. The Balaban J connectivity index is 2.36. The minimum Gasteiger partial charge on any atom is -0.399 e. The van der Waals surface area contributed by atoms with Gasteiger partial charge in [-0.3, -0.25) is 4.79 Å². The maximum atomic E-state index is 11.4. The Morgan fingerprint density at radius 3 is 2.28 bits per heavy atom. The van der Waals surface area contributed by atoms with Crippen LogP contribution in [-0.2, 0) is 0 Å². The smallest absolute Gasteiger partial charge is 0.159 e. The van der Waals surface area contributed by atoms with Gasteiger partial charge < -0.3 is 10.6 Å². The van der Waals surface area contributed by atoms with Gasteiger partial charge in [0.2, 0.25) is 0 Å². The number of nitrogens with zero attached hydrogens (tertiary/aromatic N) is 1. The molecule has 18 heavy (non-hydrogen) atoms. The third-order valence-electron chi connectivity index (χ3n) is 2.90. The number of nitrogen functional groups attached to an aromatic ring is 1. The van der Waals surface area contributed by atoms with Crippen molar-refractivity contribution in [3.63, 3.8) is 0 Å². The molecule has 0 unspecified atom stereocenters. The number of rotatable bonds is 3. The number of hydrogen-bond acceptors (Lipinski definition) is 3. The van der Waals surface area contributed by atoms with E-state index in [1.807, 2.05) is 60.5 Å². The predicted octanol–water partition coefficient (Wildman–Crippen LogP) is 3.24. The molecule has 0 heterocycles. The first-order chi connectivity index (χ1) is 8.58. The molecular formula is C15H16N2O. The normalized spacial score (nSPS) is 10.1. The van der Waals surface area contributed by atoms with Crippen LogP contribution in [0.25, 0.3) is 0 Å². The van der Waals surface area contributed by atoms with Crippen LogP contribution >= 0.6 is 0 Å². The van der Waals surface area contributed by atoms with Crippen molar-refractivity contribution in [2.24, 2.45) is 0 Å². The SMILES string of the molecule is CC(=O)c1cccc(N(C)c2cccc(N)c2)c1. The topological polar surface area (TPSA) is 46.3 Å². The van der Waals surface area contributed by atoms with Gasteiger partial charge in [0.05, 0.1) is 0 Å². The largest absolute Gasteiger partial charge is 0.399 e. The van der Waals surface area contributed by atoms with Crippen molar-refractivity contribution in [1.82, 2.24) is 0 Å². The van der Waals surface area contributed by atoms with Gasteiger partial charge in [0, 0.05) is 29.7 Å². The van der Waals surface area contributed by atoms with Crippen molar-refractivity contribution in [2.75, 3.05) is 17.7 Å². The fourth-order valence-corrected chi connectivity index (χ4v) is 1.82. The average molecular weight is 240 g/mol. The molecule has 0 saturated heterocycles. The second-order valence-corrected chi connectivity index (χ2v) is 4.26. The number of benzene rings is 2. The first-order valence-corrected chi connectivity index (χ1v) is 5.78. The molecule has 2 aromatic carbocycles. The highest BCUT2D eigenvalue weighted by Gasteiger charge is 2.06. The molecule has 0 atom stereocenters. The van der Waals surface area contributed by atoms with Crippen LogP contribution in [-0.4, -0.2) is 12.8 Å². The molecule has 2 aromatic rings. The van der Waals surface area contributed by atoms with Gasteiger partial charge in [-0.05, 0) is 37.3 Å².